The molecule has 84 valence electrons. The zero-order valence-electron chi connectivity index (χ0n) is 9.34. The minimum Gasteiger partial charge on any atom is -0.144 e. The monoisotopic (exact) mass is 286 g/mol. The summed E-state index contributed by atoms with van der Waals surface area (Å²) in [5, 5.41) is 3.14. The van der Waals surface area contributed by atoms with Crippen molar-refractivity contribution in [1.29, 1.82) is 0 Å². The summed E-state index contributed by atoms with van der Waals surface area (Å²) in [6.07, 6.45) is 11.0. The number of halogens is 1. The molecule has 1 aromatic rings. The fraction of sp³-hybridized carbons (Fsp3) is 0.538. The van der Waals surface area contributed by atoms with Gasteiger partial charge in [0.1, 0.15) is 0 Å². The summed E-state index contributed by atoms with van der Waals surface area (Å²) in [7, 11) is 0. The molecule has 0 saturated heterocycles. The number of thiophene rings is 1. The van der Waals surface area contributed by atoms with Crippen LogP contribution in [0.4, 0.5) is 0 Å². The third kappa shape index (κ3) is 4.98. The van der Waals surface area contributed by atoms with E-state index in [2.05, 4.69) is 46.5 Å². The summed E-state index contributed by atoms with van der Waals surface area (Å²) in [5.41, 5.74) is 1.52. The number of rotatable bonds is 7. The lowest BCUT2D eigenvalue weighted by molar-refractivity contribution is 0.667. The third-order valence-electron chi connectivity index (χ3n) is 2.44. The second-order valence-corrected chi connectivity index (χ2v) is 5.27. The van der Waals surface area contributed by atoms with Crippen molar-refractivity contribution in [3.63, 3.8) is 0 Å². The molecular formula is C13H19BrS. The molecule has 0 aliphatic carbocycles. The van der Waals surface area contributed by atoms with Gasteiger partial charge >= 0.3 is 0 Å². The Morgan fingerprint density at radius 1 is 1.33 bits per heavy atom. The Labute approximate surface area is 106 Å². The summed E-state index contributed by atoms with van der Waals surface area (Å²) in [5.74, 6) is 0. The molecule has 0 bridgehead atoms. The Morgan fingerprint density at radius 2 is 2.20 bits per heavy atom. The average molecular weight is 287 g/mol. The fourth-order valence-corrected chi connectivity index (χ4v) is 2.66. The van der Waals surface area contributed by atoms with Crippen LogP contribution >= 0.6 is 27.3 Å². The molecule has 0 nitrogen and oxygen atoms in total. The second kappa shape index (κ2) is 8.12. The minimum atomic E-state index is 0.945. The lowest BCUT2D eigenvalue weighted by atomic mass is 10.1. The highest BCUT2D eigenvalue weighted by molar-refractivity contribution is 9.09. The van der Waals surface area contributed by atoms with Gasteiger partial charge in [-0.3, -0.25) is 0 Å². The van der Waals surface area contributed by atoms with Crippen LogP contribution in [0.15, 0.2) is 17.5 Å². The van der Waals surface area contributed by atoms with Crippen molar-refractivity contribution in [2.24, 2.45) is 0 Å². The fourth-order valence-electron chi connectivity index (χ4n) is 1.59. The first-order chi connectivity index (χ1) is 7.38. The van der Waals surface area contributed by atoms with Gasteiger partial charge in [-0.2, -0.15) is 0 Å². The van der Waals surface area contributed by atoms with Crippen LogP contribution < -0.4 is 0 Å². The first-order valence-electron chi connectivity index (χ1n) is 5.67. The van der Waals surface area contributed by atoms with Gasteiger partial charge in [0, 0.05) is 10.2 Å². The smallest absolute Gasteiger partial charge is 0.0299 e. The molecule has 15 heavy (non-hydrogen) atoms. The molecule has 1 heterocycles. The lowest BCUT2D eigenvalue weighted by Crippen LogP contribution is -1.85. The van der Waals surface area contributed by atoms with Gasteiger partial charge in [0.15, 0.2) is 0 Å². The quantitative estimate of drug-likeness (QED) is 0.473. The van der Waals surface area contributed by atoms with Crippen LogP contribution in [-0.2, 0) is 6.42 Å². The summed E-state index contributed by atoms with van der Waals surface area (Å²) in [4.78, 5) is 1.44. The normalized spacial score (nSPS) is 11.3. The van der Waals surface area contributed by atoms with Crippen LogP contribution in [0.25, 0.3) is 6.08 Å². The van der Waals surface area contributed by atoms with Gasteiger partial charge in [-0.1, -0.05) is 48.2 Å². The molecule has 0 N–H and O–H groups in total. The van der Waals surface area contributed by atoms with Crippen LogP contribution in [-0.4, -0.2) is 5.33 Å². The zero-order valence-corrected chi connectivity index (χ0v) is 11.7. The minimum absolute atomic E-state index is 0.945. The number of hydrogen-bond acceptors (Lipinski definition) is 1. The predicted octanol–water partition coefficient (Wildman–Crippen LogP) is 5.28. The Morgan fingerprint density at radius 3 is 2.93 bits per heavy atom. The molecule has 0 fully saturated rings. The lowest BCUT2D eigenvalue weighted by Gasteiger charge is -2.00. The van der Waals surface area contributed by atoms with Crippen molar-refractivity contribution in [3.05, 3.63) is 28.0 Å². The number of unbranched alkanes of at least 4 members (excludes halogenated alkanes) is 3. The first kappa shape index (κ1) is 13.0. The summed E-state index contributed by atoms with van der Waals surface area (Å²) >= 11 is 5.26. The largest absolute Gasteiger partial charge is 0.144 e. The Kier molecular flexibility index (Phi) is 7.03. The van der Waals surface area contributed by atoms with E-state index in [9.17, 15) is 0 Å². The van der Waals surface area contributed by atoms with Gasteiger partial charge in [0.05, 0.1) is 0 Å². The SMILES string of the molecule is CCCCCCc1ccsc1C=CCBr. The van der Waals surface area contributed by atoms with Gasteiger partial charge in [0.25, 0.3) is 0 Å². The average Bonchev–Trinajstić information content (AvgIpc) is 2.69. The highest BCUT2D eigenvalue weighted by atomic mass is 79.9. The first-order valence-corrected chi connectivity index (χ1v) is 7.67. The van der Waals surface area contributed by atoms with Crippen molar-refractivity contribution in [3.8, 4) is 0 Å². The molecule has 0 saturated carbocycles. The molecule has 0 aliphatic heterocycles. The maximum absolute atomic E-state index is 3.41. The molecule has 0 aliphatic rings. The molecule has 1 rings (SSSR count). The molecule has 0 spiro atoms. The summed E-state index contributed by atoms with van der Waals surface area (Å²) in [6.45, 7) is 2.26. The molecular weight excluding hydrogens is 268 g/mol. The topological polar surface area (TPSA) is 0 Å². The Balaban J connectivity index is 2.39. The van der Waals surface area contributed by atoms with Crippen molar-refractivity contribution >= 4 is 33.3 Å². The van der Waals surface area contributed by atoms with E-state index in [4.69, 9.17) is 0 Å². The van der Waals surface area contributed by atoms with Crippen molar-refractivity contribution < 1.29 is 0 Å². The zero-order chi connectivity index (χ0) is 10.9. The van der Waals surface area contributed by atoms with Crippen LogP contribution in [0.1, 0.15) is 43.0 Å². The van der Waals surface area contributed by atoms with Crippen LogP contribution in [0.3, 0.4) is 0 Å². The second-order valence-electron chi connectivity index (χ2n) is 3.68. The number of aryl methyl sites for hydroxylation is 1. The molecule has 0 radical (unpaired) electrons. The van der Waals surface area contributed by atoms with Crippen LogP contribution in [0.2, 0.25) is 0 Å². The van der Waals surface area contributed by atoms with Gasteiger partial charge in [-0.05, 0) is 35.9 Å². The third-order valence-corrected chi connectivity index (χ3v) is 3.74. The Hall–Kier alpha value is -0.0800. The van der Waals surface area contributed by atoms with E-state index in [0.29, 0.717) is 0 Å². The number of alkyl halides is 1. The van der Waals surface area contributed by atoms with E-state index < -0.39 is 0 Å². The standard InChI is InChI=1S/C13H19BrS/c1-2-3-4-5-7-12-9-11-15-13(12)8-6-10-14/h6,8-9,11H,2-5,7,10H2,1H3. The van der Waals surface area contributed by atoms with Crippen molar-refractivity contribution in [1.82, 2.24) is 0 Å². The molecule has 0 aromatic carbocycles. The van der Waals surface area contributed by atoms with Gasteiger partial charge in [-0.15, -0.1) is 11.3 Å². The molecule has 0 atom stereocenters. The molecule has 0 amide bonds. The van der Waals surface area contributed by atoms with Gasteiger partial charge in [0.2, 0.25) is 0 Å². The maximum Gasteiger partial charge on any atom is 0.0299 e. The van der Waals surface area contributed by atoms with E-state index in [1.54, 1.807) is 0 Å². The van der Waals surface area contributed by atoms with Crippen LogP contribution in [0.5, 0.6) is 0 Å². The van der Waals surface area contributed by atoms with E-state index in [1.165, 1.54) is 42.5 Å². The molecule has 2 heteroatoms. The summed E-state index contributed by atoms with van der Waals surface area (Å²) < 4.78 is 0. The predicted molar refractivity (Wildman–Crippen MR) is 75.0 cm³/mol. The Bertz CT molecular complexity index is 288. The number of hydrogen-bond donors (Lipinski definition) is 0. The van der Waals surface area contributed by atoms with E-state index in [1.807, 2.05) is 11.3 Å². The van der Waals surface area contributed by atoms with E-state index in [-0.39, 0.29) is 0 Å². The highest BCUT2D eigenvalue weighted by Crippen LogP contribution is 2.21. The molecule has 0 unspecified atom stereocenters. The molecule has 1 aromatic heterocycles. The van der Waals surface area contributed by atoms with E-state index >= 15 is 0 Å². The summed E-state index contributed by atoms with van der Waals surface area (Å²) in [6, 6.07) is 2.27. The van der Waals surface area contributed by atoms with Gasteiger partial charge in [-0.25, -0.2) is 0 Å². The maximum atomic E-state index is 3.41. The van der Waals surface area contributed by atoms with Crippen molar-refractivity contribution in [2.75, 3.05) is 5.33 Å². The number of allylic oxidation sites excluding steroid dienone is 1. The van der Waals surface area contributed by atoms with Crippen LogP contribution in [0, 0.1) is 0 Å². The highest BCUT2D eigenvalue weighted by Gasteiger charge is 2.00. The van der Waals surface area contributed by atoms with E-state index in [0.717, 1.165) is 5.33 Å². The van der Waals surface area contributed by atoms with Gasteiger partial charge < -0.3 is 0 Å². The van der Waals surface area contributed by atoms with Crippen molar-refractivity contribution in [2.45, 2.75) is 39.0 Å².